The van der Waals surface area contributed by atoms with E-state index in [1.165, 1.54) is 0 Å². The molecule has 0 fully saturated rings. The van der Waals surface area contributed by atoms with Gasteiger partial charge in [0.2, 0.25) is 11.7 Å². The Balaban J connectivity index is 2.33. The van der Waals surface area contributed by atoms with Gasteiger partial charge in [-0.1, -0.05) is 0 Å². The van der Waals surface area contributed by atoms with Crippen molar-refractivity contribution in [2.45, 2.75) is 6.92 Å². The molecule has 0 amide bonds. The fraction of sp³-hybridized carbons (Fsp3) is 0.250. The number of methoxy groups -OCH3 is 1. The first kappa shape index (κ1) is 8.61. The van der Waals surface area contributed by atoms with Crippen molar-refractivity contribution in [1.82, 2.24) is 20.2 Å². The largest absolute Gasteiger partial charge is 0.494 e. The first-order valence-corrected chi connectivity index (χ1v) is 3.96. The second-order valence-corrected chi connectivity index (χ2v) is 2.57. The second-order valence-electron chi connectivity index (χ2n) is 2.57. The van der Waals surface area contributed by atoms with E-state index >= 15 is 0 Å². The van der Waals surface area contributed by atoms with Gasteiger partial charge in [-0.15, -0.1) is 10.2 Å². The molecule has 72 valence electrons. The fourth-order valence-corrected chi connectivity index (χ4v) is 0.919. The van der Waals surface area contributed by atoms with Gasteiger partial charge in [-0.05, 0) is 0 Å². The van der Waals surface area contributed by atoms with Gasteiger partial charge in [0, 0.05) is 6.92 Å². The molecule has 6 nitrogen and oxygen atoms in total. The zero-order valence-corrected chi connectivity index (χ0v) is 7.76. The number of aryl methyl sites for hydroxylation is 1. The summed E-state index contributed by atoms with van der Waals surface area (Å²) in [5.41, 5.74) is 0. The summed E-state index contributed by atoms with van der Waals surface area (Å²) in [7, 11) is 1.55. The van der Waals surface area contributed by atoms with Crippen molar-refractivity contribution in [2.75, 3.05) is 7.11 Å². The predicted octanol–water partition coefficient (Wildman–Crippen LogP) is 0.844. The first-order chi connectivity index (χ1) is 6.79. The van der Waals surface area contributed by atoms with Gasteiger partial charge in [0.15, 0.2) is 5.75 Å². The average Bonchev–Trinajstić information content (AvgIpc) is 2.65. The van der Waals surface area contributed by atoms with Gasteiger partial charge in [-0.2, -0.15) is 0 Å². The van der Waals surface area contributed by atoms with Gasteiger partial charge < -0.3 is 9.15 Å². The average molecular weight is 192 g/mol. The molecule has 6 heteroatoms. The van der Waals surface area contributed by atoms with Crippen LogP contribution in [0.5, 0.6) is 5.75 Å². The van der Waals surface area contributed by atoms with Crippen molar-refractivity contribution in [3.05, 3.63) is 18.3 Å². The maximum atomic E-state index is 5.16. The van der Waals surface area contributed by atoms with E-state index in [4.69, 9.17) is 9.15 Å². The summed E-state index contributed by atoms with van der Waals surface area (Å²) in [4.78, 5) is 8.00. The maximum Gasteiger partial charge on any atom is 0.285 e. The van der Waals surface area contributed by atoms with Crippen molar-refractivity contribution < 1.29 is 9.15 Å². The number of nitrogens with zero attached hydrogens (tertiary/aromatic N) is 4. The van der Waals surface area contributed by atoms with Gasteiger partial charge in [-0.25, -0.2) is 9.97 Å². The first-order valence-electron chi connectivity index (χ1n) is 3.96. The number of hydrogen-bond acceptors (Lipinski definition) is 6. The number of rotatable bonds is 2. The van der Waals surface area contributed by atoms with Crippen LogP contribution in [0.15, 0.2) is 16.8 Å². The monoisotopic (exact) mass is 192 g/mol. The van der Waals surface area contributed by atoms with Gasteiger partial charge in [0.05, 0.1) is 19.5 Å². The molecule has 2 aromatic rings. The summed E-state index contributed by atoms with van der Waals surface area (Å²) < 4.78 is 10.1. The summed E-state index contributed by atoms with van der Waals surface area (Å²) in [6, 6.07) is 0. The Bertz CT molecular complexity index is 423. The number of ether oxygens (including phenoxy) is 1. The van der Waals surface area contributed by atoms with Crippen molar-refractivity contribution in [3.63, 3.8) is 0 Å². The van der Waals surface area contributed by atoms with E-state index in [2.05, 4.69) is 20.2 Å². The van der Waals surface area contributed by atoms with Crippen LogP contribution < -0.4 is 4.74 Å². The SMILES string of the molecule is COc1cnc(-c2nnc(C)o2)nc1. The minimum Gasteiger partial charge on any atom is -0.494 e. The van der Waals surface area contributed by atoms with Crippen LogP contribution in [0.3, 0.4) is 0 Å². The molecule has 0 radical (unpaired) electrons. The smallest absolute Gasteiger partial charge is 0.285 e. The van der Waals surface area contributed by atoms with Crippen LogP contribution in [0, 0.1) is 6.92 Å². The van der Waals surface area contributed by atoms with E-state index in [1.54, 1.807) is 26.4 Å². The molecule has 2 heterocycles. The van der Waals surface area contributed by atoms with Crippen LogP contribution in [0.2, 0.25) is 0 Å². The molecule has 0 atom stereocenters. The van der Waals surface area contributed by atoms with Crippen LogP contribution in [-0.4, -0.2) is 27.3 Å². The summed E-state index contributed by atoms with van der Waals surface area (Å²) >= 11 is 0. The molecule has 0 N–H and O–H groups in total. The molecule has 0 aliphatic carbocycles. The van der Waals surface area contributed by atoms with Gasteiger partial charge >= 0.3 is 0 Å². The number of aromatic nitrogens is 4. The van der Waals surface area contributed by atoms with Crippen LogP contribution in [0.4, 0.5) is 0 Å². The van der Waals surface area contributed by atoms with Crippen LogP contribution in [0.1, 0.15) is 5.89 Å². The lowest BCUT2D eigenvalue weighted by Crippen LogP contribution is -1.90. The van der Waals surface area contributed by atoms with Gasteiger partial charge in [-0.3, -0.25) is 0 Å². The standard InChI is InChI=1S/C8H8N4O2/c1-5-11-12-8(14-5)7-9-3-6(13-2)4-10-7/h3-4H,1-2H3. The predicted molar refractivity (Wildman–Crippen MR) is 46.6 cm³/mol. The summed E-state index contributed by atoms with van der Waals surface area (Å²) in [6.45, 7) is 1.71. The molecule has 14 heavy (non-hydrogen) atoms. The molecule has 0 bridgehead atoms. The van der Waals surface area contributed by atoms with E-state index in [1.807, 2.05) is 0 Å². The molecule has 0 aliphatic heterocycles. The lowest BCUT2D eigenvalue weighted by molar-refractivity contribution is 0.410. The highest BCUT2D eigenvalue weighted by atomic mass is 16.5. The Morgan fingerprint density at radius 1 is 1.21 bits per heavy atom. The third-order valence-electron chi connectivity index (χ3n) is 1.58. The Morgan fingerprint density at radius 2 is 1.93 bits per heavy atom. The van der Waals surface area contributed by atoms with Crippen LogP contribution in [0.25, 0.3) is 11.7 Å². The normalized spacial score (nSPS) is 10.1. The molecular weight excluding hydrogens is 184 g/mol. The van der Waals surface area contributed by atoms with Crippen LogP contribution in [-0.2, 0) is 0 Å². The van der Waals surface area contributed by atoms with Gasteiger partial charge in [0.1, 0.15) is 0 Å². The van der Waals surface area contributed by atoms with Crippen molar-refractivity contribution in [2.24, 2.45) is 0 Å². The Kier molecular flexibility index (Phi) is 2.10. The Morgan fingerprint density at radius 3 is 2.43 bits per heavy atom. The highest BCUT2D eigenvalue weighted by Crippen LogP contribution is 2.14. The molecule has 2 aromatic heterocycles. The quantitative estimate of drug-likeness (QED) is 0.702. The molecule has 2 rings (SSSR count). The molecular formula is C8H8N4O2. The van der Waals surface area contributed by atoms with Crippen molar-refractivity contribution in [3.8, 4) is 17.5 Å². The van der Waals surface area contributed by atoms with E-state index in [0.29, 0.717) is 23.4 Å². The summed E-state index contributed by atoms with van der Waals surface area (Å²) in [5, 5.41) is 7.47. The lowest BCUT2D eigenvalue weighted by atomic mass is 10.5. The van der Waals surface area contributed by atoms with E-state index in [-0.39, 0.29) is 0 Å². The molecule has 0 spiro atoms. The fourth-order valence-electron chi connectivity index (χ4n) is 0.919. The molecule has 0 aliphatic rings. The zero-order chi connectivity index (χ0) is 9.97. The second kappa shape index (κ2) is 3.41. The Labute approximate surface area is 80.0 Å². The minimum absolute atomic E-state index is 0.310. The van der Waals surface area contributed by atoms with Gasteiger partial charge in [0.25, 0.3) is 5.89 Å². The zero-order valence-electron chi connectivity index (χ0n) is 7.76. The number of hydrogen-bond donors (Lipinski definition) is 0. The Hall–Kier alpha value is -1.98. The van der Waals surface area contributed by atoms with E-state index < -0.39 is 0 Å². The van der Waals surface area contributed by atoms with Crippen molar-refractivity contribution >= 4 is 0 Å². The highest BCUT2D eigenvalue weighted by molar-refractivity contribution is 5.39. The van der Waals surface area contributed by atoms with E-state index in [9.17, 15) is 0 Å². The highest BCUT2D eigenvalue weighted by Gasteiger charge is 2.08. The lowest BCUT2D eigenvalue weighted by Gasteiger charge is -1.97. The molecule has 0 saturated heterocycles. The van der Waals surface area contributed by atoms with Crippen molar-refractivity contribution in [1.29, 1.82) is 0 Å². The molecule has 0 saturated carbocycles. The summed E-state index contributed by atoms with van der Waals surface area (Å²) in [6.07, 6.45) is 3.09. The topological polar surface area (TPSA) is 73.9 Å². The molecule has 0 aromatic carbocycles. The third-order valence-corrected chi connectivity index (χ3v) is 1.58. The minimum atomic E-state index is 0.310. The maximum absolute atomic E-state index is 5.16. The van der Waals surface area contributed by atoms with E-state index in [0.717, 1.165) is 0 Å². The summed E-state index contributed by atoms with van der Waals surface area (Å²) in [5.74, 6) is 1.78. The van der Waals surface area contributed by atoms with Crippen LogP contribution >= 0.6 is 0 Å². The molecule has 0 unspecified atom stereocenters. The third kappa shape index (κ3) is 1.54.